The maximum Gasteiger partial charge on any atom is 0.250 e. The molecule has 8 nitrogen and oxygen atoms in total. The molecule has 3 aromatic rings. The lowest BCUT2D eigenvalue weighted by atomic mass is 10.1. The summed E-state index contributed by atoms with van der Waals surface area (Å²) in [5.74, 6) is 0.0567. The molecule has 4 rings (SSSR count). The maximum atomic E-state index is 13.8. The predicted octanol–water partition coefficient (Wildman–Crippen LogP) is 1.94. The number of aromatic amines is 1. The van der Waals surface area contributed by atoms with Crippen molar-refractivity contribution in [1.29, 1.82) is 0 Å². The number of fused-ring (bicyclic) bond motifs is 1. The van der Waals surface area contributed by atoms with Gasteiger partial charge in [0.25, 0.3) is 0 Å². The third-order valence-electron chi connectivity index (χ3n) is 4.60. The molecular weight excluding hydrogens is 339 g/mol. The monoisotopic (exact) mass is 356 g/mol. The SMILES string of the molecule is COc1ncc(F)cc1[C@H]1CCCN1c1n[nH]c2ncc(C(N)=O)cc12. The lowest BCUT2D eigenvalue weighted by Crippen LogP contribution is -2.24. The minimum atomic E-state index is -0.555. The summed E-state index contributed by atoms with van der Waals surface area (Å²) in [7, 11) is 1.51. The number of hydrogen-bond acceptors (Lipinski definition) is 6. The van der Waals surface area contributed by atoms with Crippen molar-refractivity contribution in [2.24, 2.45) is 5.73 Å². The first kappa shape index (κ1) is 16.2. The highest BCUT2D eigenvalue weighted by atomic mass is 19.1. The molecule has 1 atom stereocenters. The number of nitrogens with one attached hydrogen (secondary N) is 1. The van der Waals surface area contributed by atoms with Gasteiger partial charge < -0.3 is 15.4 Å². The first-order valence-corrected chi connectivity index (χ1v) is 8.18. The molecule has 0 spiro atoms. The number of pyridine rings is 2. The highest BCUT2D eigenvalue weighted by Crippen LogP contribution is 2.40. The number of hydrogen-bond donors (Lipinski definition) is 2. The van der Waals surface area contributed by atoms with Crippen LogP contribution in [0, 0.1) is 5.82 Å². The van der Waals surface area contributed by atoms with Crippen molar-refractivity contribution < 1.29 is 13.9 Å². The Morgan fingerprint density at radius 2 is 2.23 bits per heavy atom. The summed E-state index contributed by atoms with van der Waals surface area (Å²) < 4.78 is 19.1. The molecule has 1 aliphatic rings. The van der Waals surface area contributed by atoms with Gasteiger partial charge in [0.05, 0.1) is 30.3 Å². The van der Waals surface area contributed by atoms with Gasteiger partial charge in [0.2, 0.25) is 11.8 Å². The van der Waals surface area contributed by atoms with Crippen molar-refractivity contribution in [3.05, 3.63) is 41.5 Å². The first-order chi connectivity index (χ1) is 12.6. The molecule has 1 amide bonds. The van der Waals surface area contributed by atoms with Crippen molar-refractivity contribution in [3.63, 3.8) is 0 Å². The Kier molecular flexibility index (Phi) is 3.90. The van der Waals surface area contributed by atoms with Gasteiger partial charge in [0.15, 0.2) is 11.5 Å². The quantitative estimate of drug-likeness (QED) is 0.739. The van der Waals surface area contributed by atoms with Crippen LogP contribution in [0.2, 0.25) is 0 Å². The Balaban J connectivity index is 1.80. The fourth-order valence-corrected chi connectivity index (χ4v) is 3.44. The van der Waals surface area contributed by atoms with Crippen LogP contribution in [0.1, 0.15) is 34.8 Å². The average molecular weight is 356 g/mol. The van der Waals surface area contributed by atoms with Crippen LogP contribution in [0.15, 0.2) is 24.5 Å². The van der Waals surface area contributed by atoms with Gasteiger partial charge in [-0.25, -0.2) is 14.4 Å². The van der Waals surface area contributed by atoms with E-state index in [4.69, 9.17) is 10.5 Å². The fourth-order valence-electron chi connectivity index (χ4n) is 3.44. The molecule has 1 fully saturated rings. The Labute approximate surface area is 148 Å². The number of nitrogens with zero attached hydrogens (tertiary/aromatic N) is 4. The Bertz CT molecular complexity index is 989. The number of carbonyl (C=O) groups excluding carboxylic acids is 1. The van der Waals surface area contributed by atoms with Gasteiger partial charge in [-0.05, 0) is 25.0 Å². The third kappa shape index (κ3) is 2.61. The van der Waals surface area contributed by atoms with Gasteiger partial charge in [0, 0.05) is 18.3 Å². The van der Waals surface area contributed by atoms with Crippen molar-refractivity contribution >= 4 is 22.8 Å². The minimum absolute atomic E-state index is 0.142. The van der Waals surface area contributed by atoms with Crippen molar-refractivity contribution in [2.75, 3.05) is 18.6 Å². The van der Waals surface area contributed by atoms with Gasteiger partial charge in [-0.2, -0.15) is 5.10 Å². The van der Waals surface area contributed by atoms with Gasteiger partial charge in [-0.15, -0.1) is 0 Å². The van der Waals surface area contributed by atoms with Crippen LogP contribution in [0.5, 0.6) is 5.88 Å². The van der Waals surface area contributed by atoms with E-state index in [0.29, 0.717) is 33.9 Å². The Morgan fingerprint density at radius 1 is 1.38 bits per heavy atom. The van der Waals surface area contributed by atoms with Gasteiger partial charge in [-0.3, -0.25) is 9.89 Å². The Hall–Kier alpha value is -3.23. The zero-order valence-electron chi connectivity index (χ0n) is 14.1. The predicted molar refractivity (Wildman–Crippen MR) is 92.5 cm³/mol. The van der Waals surface area contributed by atoms with Crippen LogP contribution in [-0.2, 0) is 0 Å². The number of primary amides is 1. The first-order valence-electron chi connectivity index (χ1n) is 8.18. The van der Waals surface area contributed by atoms with E-state index in [1.165, 1.54) is 19.4 Å². The van der Waals surface area contributed by atoms with E-state index in [1.807, 2.05) is 4.90 Å². The molecule has 0 bridgehead atoms. The molecule has 0 unspecified atom stereocenters. The van der Waals surface area contributed by atoms with E-state index in [2.05, 4.69) is 20.2 Å². The molecular formula is C17H17FN6O2. The zero-order valence-corrected chi connectivity index (χ0v) is 14.1. The second kappa shape index (κ2) is 6.25. The van der Waals surface area contributed by atoms with Crippen LogP contribution in [-0.4, -0.2) is 39.7 Å². The molecule has 9 heteroatoms. The van der Waals surface area contributed by atoms with Crippen LogP contribution in [0.3, 0.4) is 0 Å². The largest absolute Gasteiger partial charge is 0.481 e. The summed E-state index contributed by atoms with van der Waals surface area (Å²) in [6.45, 7) is 0.727. The smallest absolute Gasteiger partial charge is 0.250 e. The number of methoxy groups -OCH3 is 1. The lowest BCUT2D eigenvalue weighted by Gasteiger charge is -2.26. The summed E-state index contributed by atoms with van der Waals surface area (Å²) in [4.78, 5) is 21.8. The molecule has 1 aliphatic heterocycles. The molecule has 3 aromatic heterocycles. The molecule has 0 saturated carbocycles. The number of H-pyrrole nitrogens is 1. The van der Waals surface area contributed by atoms with E-state index >= 15 is 0 Å². The van der Waals surface area contributed by atoms with Crippen LogP contribution in [0.4, 0.5) is 10.2 Å². The number of amides is 1. The molecule has 0 radical (unpaired) electrons. The highest BCUT2D eigenvalue weighted by molar-refractivity contribution is 5.98. The van der Waals surface area contributed by atoms with E-state index in [1.54, 1.807) is 6.07 Å². The van der Waals surface area contributed by atoms with Crippen LogP contribution >= 0.6 is 0 Å². The second-order valence-electron chi connectivity index (χ2n) is 6.14. The molecule has 0 aromatic carbocycles. The van der Waals surface area contributed by atoms with E-state index < -0.39 is 11.7 Å². The molecule has 26 heavy (non-hydrogen) atoms. The summed E-state index contributed by atoms with van der Waals surface area (Å²) in [5, 5.41) is 7.92. The molecule has 134 valence electrons. The number of aromatic nitrogens is 4. The summed E-state index contributed by atoms with van der Waals surface area (Å²) in [5.41, 5.74) is 6.89. The zero-order chi connectivity index (χ0) is 18.3. The fraction of sp³-hybridized carbons (Fsp3) is 0.294. The summed E-state index contributed by atoms with van der Waals surface area (Å²) in [6.07, 6.45) is 4.25. The second-order valence-corrected chi connectivity index (χ2v) is 6.14. The van der Waals surface area contributed by atoms with Gasteiger partial charge >= 0.3 is 0 Å². The van der Waals surface area contributed by atoms with E-state index in [-0.39, 0.29) is 6.04 Å². The van der Waals surface area contributed by atoms with Crippen molar-refractivity contribution in [3.8, 4) is 5.88 Å². The van der Waals surface area contributed by atoms with Gasteiger partial charge in [-0.1, -0.05) is 0 Å². The third-order valence-corrected chi connectivity index (χ3v) is 4.60. The van der Waals surface area contributed by atoms with Crippen LogP contribution < -0.4 is 15.4 Å². The number of anilines is 1. The molecule has 3 N–H and O–H groups in total. The number of halogens is 1. The van der Waals surface area contributed by atoms with Crippen molar-refractivity contribution in [2.45, 2.75) is 18.9 Å². The highest BCUT2D eigenvalue weighted by Gasteiger charge is 2.32. The Morgan fingerprint density at radius 3 is 3.00 bits per heavy atom. The van der Waals surface area contributed by atoms with Crippen LogP contribution in [0.25, 0.3) is 11.0 Å². The molecule has 1 saturated heterocycles. The number of carbonyl (C=O) groups is 1. The molecule has 4 heterocycles. The molecule has 0 aliphatic carbocycles. The van der Waals surface area contributed by atoms with Gasteiger partial charge in [0.1, 0.15) is 5.82 Å². The number of ether oxygens (including phenoxy) is 1. The van der Waals surface area contributed by atoms with E-state index in [0.717, 1.165) is 25.6 Å². The number of nitrogens with two attached hydrogens (primary N) is 1. The normalized spacial score (nSPS) is 17.0. The summed E-state index contributed by atoms with van der Waals surface area (Å²) >= 11 is 0. The lowest BCUT2D eigenvalue weighted by molar-refractivity contribution is 0.1000. The number of rotatable bonds is 4. The maximum absolute atomic E-state index is 13.8. The minimum Gasteiger partial charge on any atom is -0.481 e. The standard InChI is InChI=1S/C17H17FN6O2/c1-26-17-11(6-10(18)8-21-17)13-3-2-4-24(13)16-12-5-9(14(19)25)7-20-15(12)22-23-16/h5-8,13H,2-4H2,1H3,(H2,19,25)(H,20,22,23)/t13-/m1/s1. The van der Waals surface area contributed by atoms with Crippen molar-refractivity contribution in [1.82, 2.24) is 20.2 Å². The summed E-state index contributed by atoms with van der Waals surface area (Å²) in [6, 6.07) is 2.97. The topological polar surface area (TPSA) is 110 Å². The average Bonchev–Trinajstić information content (AvgIpc) is 3.27. The van der Waals surface area contributed by atoms with E-state index in [9.17, 15) is 9.18 Å².